The highest BCUT2D eigenvalue weighted by Gasteiger charge is 2.18. The van der Waals surface area contributed by atoms with Crippen molar-refractivity contribution in [2.75, 3.05) is 6.54 Å². The minimum absolute atomic E-state index is 0.623. The van der Waals surface area contributed by atoms with Crippen LogP contribution >= 0.6 is 11.3 Å². The second kappa shape index (κ2) is 2.08. The summed E-state index contributed by atoms with van der Waals surface area (Å²) in [5.74, 6) is 0. The largest absolute Gasteiger partial charge is 0.309 e. The van der Waals surface area contributed by atoms with Crippen LogP contribution in [-0.4, -0.2) is 11.5 Å². The standard InChI is InChI=1S/C6H8N2S/c1-2-8-5(1)6-3-7-4-9-6/h3-5,8H,1-2H2. The van der Waals surface area contributed by atoms with E-state index in [1.165, 1.54) is 17.8 Å². The molecule has 1 N–H and O–H groups in total. The van der Waals surface area contributed by atoms with E-state index in [9.17, 15) is 0 Å². The molecule has 3 heteroatoms. The molecule has 2 rings (SSSR count). The van der Waals surface area contributed by atoms with E-state index >= 15 is 0 Å². The first kappa shape index (κ1) is 5.38. The summed E-state index contributed by atoms with van der Waals surface area (Å²) in [6.07, 6.45) is 3.23. The maximum atomic E-state index is 4.00. The molecule has 9 heavy (non-hydrogen) atoms. The maximum Gasteiger partial charge on any atom is 0.0794 e. The zero-order valence-electron chi connectivity index (χ0n) is 5.00. The molecule has 1 atom stereocenters. The average Bonchev–Trinajstić information content (AvgIpc) is 2.11. The van der Waals surface area contributed by atoms with Crippen LogP contribution < -0.4 is 5.32 Å². The summed E-state index contributed by atoms with van der Waals surface area (Å²) in [6, 6.07) is 0.623. The van der Waals surface area contributed by atoms with Gasteiger partial charge in [-0.3, -0.25) is 4.98 Å². The number of hydrogen-bond donors (Lipinski definition) is 1. The highest BCUT2D eigenvalue weighted by molar-refractivity contribution is 7.09. The summed E-state index contributed by atoms with van der Waals surface area (Å²) in [4.78, 5) is 5.38. The highest BCUT2D eigenvalue weighted by atomic mass is 32.1. The first-order valence-electron chi connectivity index (χ1n) is 3.08. The molecule has 1 fully saturated rings. The molecule has 0 saturated carbocycles. The quantitative estimate of drug-likeness (QED) is 0.633. The molecule has 1 aliphatic heterocycles. The molecule has 2 heterocycles. The zero-order chi connectivity index (χ0) is 6.10. The number of aromatic nitrogens is 1. The molecular weight excluding hydrogens is 132 g/mol. The Hall–Kier alpha value is -0.410. The molecule has 1 aromatic rings. The lowest BCUT2D eigenvalue weighted by Crippen LogP contribution is -2.34. The van der Waals surface area contributed by atoms with E-state index in [4.69, 9.17) is 0 Å². The lowest BCUT2D eigenvalue weighted by molar-refractivity contribution is 0.388. The van der Waals surface area contributed by atoms with Crippen LogP contribution in [-0.2, 0) is 0 Å². The lowest BCUT2D eigenvalue weighted by Gasteiger charge is -2.25. The second-order valence-electron chi connectivity index (χ2n) is 2.20. The van der Waals surface area contributed by atoms with E-state index in [0.717, 1.165) is 0 Å². The van der Waals surface area contributed by atoms with Gasteiger partial charge in [0.25, 0.3) is 0 Å². The molecule has 48 valence electrons. The summed E-state index contributed by atoms with van der Waals surface area (Å²) in [5.41, 5.74) is 1.88. The summed E-state index contributed by atoms with van der Waals surface area (Å²) >= 11 is 1.73. The molecule has 0 aliphatic carbocycles. The van der Waals surface area contributed by atoms with Gasteiger partial charge in [0, 0.05) is 17.1 Å². The molecule has 1 unspecified atom stereocenters. The van der Waals surface area contributed by atoms with Crippen molar-refractivity contribution in [3.8, 4) is 0 Å². The van der Waals surface area contributed by atoms with Crippen molar-refractivity contribution < 1.29 is 0 Å². The predicted molar refractivity (Wildman–Crippen MR) is 37.5 cm³/mol. The normalized spacial score (nSPS) is 25.6. The molecule has 0 radical (unpaired) electrons. The zero-order valence-corrected chi connectivity index (χ0v) is 5.82. The van der Waals surface area contributed by atoms with Crippen LogP contribution in [0, 0.1) is 0 Å². The van der Waals surface area contributed by atoms with E-state index in [0.29, 0.717) is 6.04 Å². The lowest BCUT2D eigenvalue weighted by atomic mass is 10.1. The molecule has 1 aliphatic rings. The summed E-state index contributed by atoms with van der Waals surface area (Å²) in [7, 11) is 0. The fourth-order valence-electron chi connectivity index (χ4n) is 0.929. The van der Waals surface area contributed by atoms with Crippen molar-refractivity contribution in [3.63, 3.8) is 0 Å². The van der Waals surface area contributed by atoms with E-state index in [-0.39, 0.29) is 0 Å². The van der Waals surface area contributed by atoms with E-state index in [2.05, 4.69) is 10.3 Å². The first-order chi connectivity index (χ1) is 4.47. The smallest absolute Gasteiger partial charge is 0.0794 e. The Morgan fingerprint density at radius 1 is 1.78 bits per heavy atom. The molecule has 1 saturated heterocycles. The van der Waals surface area contributed by atoms with Crippen molar-refractivity contribution in [1.82, 2.24) is 10.3 Å². The number of nitrogens with zero attached hydrogens (tertiary/aromatic N) is 1. The Labute approximate surface area is 57.9 Å². The van der Waals surface area contributed by atoms with Crippen molar-refractivity contribution >= 4 is 11.3 Å². The van der Waals surface area contributed by atoms with Crippen LogP contribution in [0.25, 0.3) is 0 Å². The molecule has 0 spiro atoms. The van der Waals surface area contributed by atoms with E-state index in [1.807, 2.05) is 11.7 Å². The van der Waals surface area contributed by atoms with Gasteiger partial charge in [0.15, 0.2) is 0 Å². The van der Waals surface area contributed by atoms with Crippen LogP contribution in [0.5, 0.6) is 0 Å². The molecular formula is C6H8N2S. The van der Waals surface area contributed by atoms with Gasteiger partial charge in [0.2, 0.25) is 0 Å². The van der Waals surface area contributed by atoms with Gasteiger partial charge < -0.3 is 5.32 Å². The van der Waals surface area contributed by atoms with Gasteiger partial charge in [-0.15, -0.1) is 11.3 Å². The summed E-state index contributed by atoms with van der Waals surface area (Å²) in [5, 5.41) is 3.32. The van der Waals surface area contributed by atoms with Crippen LogP contribution in [0.15, 0.2) is 11.7 Å². The second-order valence-corrected chi connectivity index (χ2v) is 3.12. The molecule has 1 aromatic heterocycles. The SMILES string of the molecule is c1ncc(C2CCN2)s1. The van der Waals surface area contributed by atoms with E-state index in [1.54, 1.807) is 11.3 Å². The van der Waals surface area contributed by atoms with Gasteiger partial charge in [-0.25, -0.2) is 0 Å². The average molecular weight is 140 g/mol. The number of nitrogens with one attached hydrogen (secondary N) is 1. The molecule has 0 aromatic carbocycles. The van der Waals surface area contributed by atoms with Gasteiger partial charge in [0.1, 0.15) is 0 Å². The van der Waals surface area contributed by atoms with Gasteiger partial charge in [-0.2, -0.15) is 0 Å². The van der Waals surface area contributed by atoms with Crippen molar-refractivity contribution in [2.24, 2.45) is 0 Å². The number of hydrogen-bond acceptors (Lipinski definition) is 3. The Balaban J connectivity index is 2.14. The minimum Gasteiger partial charge on any atom is -0.309 e. The van der Waals surface area contributed by atoms with Crippen LogP contribution in [0.1, 0.15) is 17.3 Å². The summed E-state index contributed by atoms with van der Waals surface area (Å²) < 4.78 is 0. The fraction of sp³-hybridized carbons (Fsp3) is 0.500. The molecule has 0 bridgehead atoms. The number of rotatable bonds is 1. The number of thiazole rings is 1. The third-order valence-corrected chi connectivity index (χ3v) is 2.51. The molecule has 0 amide bonds. The Bertz CT molecular complexity index is 179. The third kappa shape index (κ3) is 0.862. The van der Waals surface area contributed by atoms with Gasteiger partial charge in [-0.05, 0) is 13.0 Å². The van der Waals surface area contributed by atoms with Crippen molar-refractivity contribution in [2.45, 2.75) is 12.5 Å². The minimum atomic E-state index is 0.623. The van der Waals surface area contributed by atoms with Gasteiger partial charge in [0.05, 0.1) is 5.51 Å². The topological polar surface area (TPSA) is 24.9 Å². The van der Waals surface area contributed by atoms with Gasteiger partial charge >= 0.3 is 0 Å². The maximum absolute atomic E-state index is 4.00. The monoisotopic (exact) mass is 140 g/mol. The Morgan fingerprint density at radius 2 is 2.67 bits per heavy atom. The predicted octanol–water partition coefficient (Wildman–Crippen LogP) is 1.18. The third-order valence-electron chi connectivity index (χ3n) is 1.62. The van der Waals surface area contributed by atoms with Crippen LogP contribution in [0.3, 0.4) is 0 Å². The highest BCUT2D eigenvalue weighted by Crippen LogP contribution is 2.24. The Morgan fingerprint density at radius 3 is 3.11 bits per heavy atom. The fourth-order valence-corrected chi connectivity index (χ4v) is 1.66. The van der Waals surface area contributed by atoms with Crippen molar-refractivity contribution in [1.29, 1.82) is 0 Å². The first-order valence-corrected chi connectivity index (χ1v) is 3.96. The van der Waals surface area contributed by atoms with Crippen molar-refractivity contribution in [3.05, 3.63) is 16.6 Å². The van der Waals surface area contributed by atoms with Crippen LogP contribution in [0.2, 0.25) is 0 Å². The Kier molecular flexibility index (Phi) is 1.24. The van der Waals surface area contributed by atoms with E-state index < -0.39 is 0 Å². The summed E-state index contributed by atoms with van der Waals surface area (Å²) in [6.45, 7) is 1.17. The van der Waals surface area contributed by atoms with Crippen LogP contribution in [0.4, 0.5) is 0 Å². The van der Waals surface area contributed by atoms with Gasteiger partial charge in [-0.1, -0.05) is 0 Å². The molecule has 2 nitrogen and oxygen atoms in total.